The molecule has 0 atom stereocenters. The summed E-state index contributed by atoms with van der Waals surface area (Å²) in [5.74, 6) is 0. The molecule has 1 heteroatoms. The number of aryl methyl sites for hydroxylation is 1. The third kappa shape index (κ3) is 6.69. The Kier molecular flexibility index (Phi) is 10.7. The van der Waals surface area contributed by atoms with Crippen LogP contribution in [0, 0.1) is 21.8 Å². The van der Waals surface area contributed by atoms with Gasteiger partial charge in [-0.2, -0.15) is 0 Å². The Hall–Kier alpha value is -3.28. The molecule has 7 aromatic rings. The minimum absolute atomic E-state index is 0. The molecule has 222 valence electrons. The average Bonchev–Trinajstić information content (AvgIpc) is 3.49. The summed E-state index contributed by atoms with van der Waals surface area (Å²) in [6.07, 6.45) is 0. The number of benzene rings is 5. The zero-order chi connectivity index (χ0) is 28.9. The van der Waals surface area contributed by atoms with Gasteiger partial charge in [-0.15, -0.1) is 73.8 Å². The van der Waals surface area contributed by atoms with Crippen LogP contribution in [0.2, 0.25) is 0 Å². The van der Waals surface area contributed by atoms with Crippen LogP contribution in [-0.4, -0.2) is 0 Å². The zero-order valence-corrected chi connectivity index (χ0v) is 30.4. The Bertz CT molecular complexity index is 1940. The Morgan fingerprint density at radius 3 is 1.52 bits per heavy atom. The molecule has 0 N–H and O–H groups in total. The van der Waals surface area contributed by atoms with E-state index in [1.165, 1.54) is 70.9 Å². The summed E-state index contributed by atoms with van der Waals surface area (Å²) >= 11 is 0. The van der Waals surface area contributed by atoms with E-state index in [4.69, 9.17) is 0 Å². The first-order valence-electron chi connectivity index (χ1n) is 14.8. The molecule has 0 nitrogen and oxygen atoms in total. The largest absolute Gasteiger partial charge is 4.00 e. The second kappa shape index (κ2) is 13.4. The molecule has 7 rings (SSSR count). The number of fused-ring (bicyclic) bond motifs is 5. The molecule has 0 bridgehead atoms. The first-order valence-corrected chi connectivity index (χ1v) is 14.8. The third-order valence-electron chi connectivity index (χ3n) is 8.58. The van der Waals surface area contributed by atoms with Crippen LogP contribution in [0.5, 0.6) is 0 Å². The second-order valence-electron chi connectivity index (χ2n) is 13.5. The molecule has 0 spiro atoms. The standard InChI is InChI=1S/C21H25.C20H15.2CH3.Zr/c1-20(2,3)16-7-9-18-14(12-16)11-15-13-17(21(4,5)6)8-10-19(15)18;1-14-17-10-4-3-8-16(17)13-20(14)19-12-6-9-15-7-2-5-11-18(15)19;;;/h7-13H,1-6H3;2-13H,1H3;2*1H3;/q4*-1;+4. The van der Waals surface area contributed by atoms with E-state index in [9.17, 15) is 0 Å². The Balaban J connectivity index is 0.000000225. The molecular formula is C43H46Zr. The molecular weight excluding hydrogens is 608 g/mol. The van der Waals surface area contributed by atoms with Crippen molar-refractivity contribution in [1.82, 2.24) is 0 Å². The maximum atomic E-state index is 2.35. The number of hydrogen-bond acceptors (Lipinski definition) is 0. The van der Waals surface area contributed by atoms with Crippen molar-refractivity contribution in [3.8, 4) is 11.1 Å². The molecule has 0 radical (unpaired) electrons. The molecule has 7 aromatic carbocycles. The summed E-state index contributed by atoms with van der Waals surface area (Å²) in [7, 11) is 0. The maximum Gasteiger partial charge on any atom is 4.00 e. The number of rotatable bonds is 1. The fourth-order valence-electron chi connectivity index (χ4n) is 6.07. The minimum Gasteiger partial charge on any atom is -0.358 e. The zero-order valence-electron chi connectivity index (χ0n) is 28.0. The van der Waals surface area contributed by atoms with Gasteiger partial charge in [-0.05, 0) is 21.6 Å². The van der Waals surface area contributed by atoms with Gasteiger partial charge in [0.15, 0.2) is 0 Å². The van der Waals surface area contributed by atoms with Crippen LogP contribution in [-0.2, 0) is 37.0 Å². The van der Waals surface area contributed by atoms with Gasteiger partial charge in [0.2, 0.25) is 0 Å². The van der Waals surface area contributed by atoms with Crippen LogP contribution in [0.25, 0.3) is 54.2 Å². The van der Waals surface area contributed by atoms with Gasteiger partial charge in [-0.3, -0.25) is 0 Å². The monoisotopic (exact) mass is 652 g/mol. The summed E-state index contributed by atoms with van der Waals surface area (Å²) in [5, 5.41) is 10.8. The molecule has 0 saturated carbocycles. The Morgan fingerprint density at radius 2 is 0.977 bits per heavy atom. The van der Waals surface area contributed by atoms with E-state index >= 15 is 0 Å². The van der Waals surface area contributed by atoms with Crippen LogP contribution in [0.3, 0.4) is 0 Å². The van der Waals surface area contributed by atoms with E-state index in [2.05, 4.69) is 164 Å². The molecule has 0 fully saturated rings. The quantitative estimate of drug-likeness (QED) is 0.155. The third-order valence-corrected chi connectivity index (χ3v) is 8.58. The molecule has 0 saturated heterocycles. The van der Waals surface area contributed by atoms with Gasteiger partial charge in [0.25, 0.3) is 0 Å². The summed E-state index contributed by atoms with van der Waals surface area (Å²) in [4.78, 5) is 0. The summed E-state index contributed by atoms with van der Waals surface area (Å²) in [5.41, 5.74) is 7.27. The van der Waals surface area contributed by atoms with Gasteiger partial charge in [-0.1, -0.05) is 150 Å². The van der Waals surface area contributed by atoms with Crippen molar-refractivity contribution >= 4 is 43.1 Å². The smallest absolute Gasteiger partial charge is 0.358 e. The fourth-order valence-corrected chi connectivity index (χ4v) is 6.07. The van der Waals surface area contributed by atoms with Crippen LogP contribution >= 0.6 is 0 Å². The van der Waals surface area contributed by atoms with Crippen molar-refractivity contribution in [2.45, 2.75) is 59.3 Å². The van der Waals surface area contributed by atoms with E-state index in [0.717, 1.165) is 0 Å². The molecule has 0 aliphatic carbocycles. The fraction of sp³-hybridized carbons (Fsp3) is 0.209. The van der Waals surface area contributed by atoms with Gasteiger partial charge in [0.1, 0.15) is 0 Å². The van der Waals surface area contributed by atoms with Gasteiger partial charge < -0.3 is 14.9 Å². The summed E-state index contributed by atoms with van der Waals surface area (Å²) < 4.78 is 0. The van der Waals surface area contributed by atoms with E-state index in [-0.39, 0.29) is 51.9 Å². The topological polar surface area (TPSA) is 0 Å². The van der Waals surface area contributed by atoms with Crippen molar-refractivity contribution in [2.75, 3.05) is 0 Å². The van der Waals surface area contributed by atoms with E-state index in [0.29, 0.717) is 0 Å². The van der Waals surface area contributed by atoms with Crippen LogP contribution in [0.4, 0.5) is 0 Å². The predicted octanol–water partition coefficient (Wildman–Crippen LogP) is 12.9. The van der Waals surface area contributed by atoms with Crippen molar-refractivity contribution in [1.29, 1.82) is 0 Å². The van der Waals surface area contributed by atoms with Gasteiger partial charge >= 0.3 is 26.2 Å². The molecule has 0 heterocycles. The van der Waals surface area contributed by atoms with Crippen molar-refractivity contribution in [2.24, 2.45) is 0 Å². The Labute approximate surface area is 285 Å². The van der Waals surface area contributed by atoms with Crippen molar-refractivity contribution in [3.63, 3.8) is 0 Å². The number of hydrogen-bond donors (Lipinski definition) is 0. The first-order chi connectivity index (χ1) is 19.5. The molecule has 0 aromatic heterocycles. The predicted molar refractivity (Wildman–Crippen MR) is 194 cm³/mol. The van der Waals surface area contributed by atoms with E-state index in [1.54, 1.807) is 0 Å². The van der Waals surface area contributed by atoms with Gasteiger partial charge in [0, 0.05) is 0 Å². The maximum absolute atomic E-state index is 2.35. The molecule has 0 aliphatic rings. The normalized spacial score (nSPS) is 11.4. The van der Waals surface area contributed by atoms with Crippen LogP contribution in [0.15, 0.2) is 115 Å². The minimum atomic E-state index is 0. The van der Waals surface area contributed by atoms with Crippen LogP contribution < -0.4 is 0 Å². The average molecular weight is 654 g/mol. The summed E-state index contributed by atoms with van der Waals surface area (Å²) in [6.45, 7) is 15.9. The van der Waals surface area contributed by atoms with Crippen molar-refractivity contribution < 1.29 is 26.2 Å². The van der Waals surface area contributed by atoms with Gasteiger partial charge in [0.05, 0.1) is 0 Å². The first kappa shape index (κ1) is 35.2. The molecule has 0 aliphatic heterocycles. The molecule has 0 amide bonds. The summed E-state index contributed by atoms with van der Waals surface area (Å²) in [6, 6.07) is 42.3. The Morgan fingerprint density at radius 1 is 0.477 bits per heavy atom. The van der Waals surface area contributed by atoms with E-state index < -0.39 is 0 Å². The van der Waals surface area contributed by atoms with Crippen LogP contribution in [0.1, 0.15) is 58.2 Å². The second-order valence-corrected chi connectivity index (χ2v) is 13.5. The van der Waals surface area contributed by atoms with E-state index in [1.807, 2.05) is 0 Å². The molecule has 44 heavy (non-hydrogen) atoms. The SMILES string of the molecule is CC(C)(C)c1ccc2c(c1)[cH-]c1cc(C(C)(C)C)ccc12.Cc1c(-c2cccc3ccccc23)[cH-]c2ccccc12.[CH3-].[CH3-].[Zr+4]. The van der Waals surface area contributed by atoms with Gasteiger partial charge in [-0.25, -0.2) is 0 Å². The van der Waals surface area contributed by atoms with Crippen molar-refractivity contribution in [3.05, 3.63) is 147 Å². The molecule has 0 unspecified atom stereocenters.